The van der Waals surface area contributed by atoms with Gasteiger partial charge in [-0.2, -0.15) is 0 Å². The van der Waals surface area contributed by atoms with Gasteiger partial charge in [-0.25, -0.2) is 12.4 Å². The average Bonchev–Trinajstić information content (AvgIpc) is 3.39. The van der Waals surface area contributed by atoms with Gasteiger partial charge in [0.05, 0.1) is 23.6 Å². The summed E-state index contributed by atoms with van der Waals surface area (Å²) in [6.45, 7) is 5.36. The minimum Gasteiger partial charge on any atom is -0.383 e. The average molecular weight is 471 g/mol. The van der Waals surface area contributed by atoms with E-state index in [1.165, 1.54) is 3.97 Å². The molecule has 7 nitrogen and oxygen atoms in total. The lowest BCUT2D eigenvalue weighted by molar-refractivity contribution is 0.185. The summed E-state index contributed by atoms with van der Waals surface area (Å²) in [4.78, 5) is 0.237. The third kappa shape index (κ3) is 4.20. The summed E-state index contributed by atoms with van der Waals surface area (Å²) in [5.41, 5.74) is 1.32. The van der Waals surface area contributed by atoms with E-state index >= 15 is 0 Å². The Hall–Kier alpha value is -2.62. The molecule has 0 radical (unpaired) electrons. The Kier molecular flexibility index (Phi) is 6.68. The van der Waals surface area contributed by atoms with Gasteiger partial charge < -0.3 is 4.74 Å². The smallest absolute Gasteiger partial charge is 0.268 e. The summed E-state index contributed by atoms with van der Waals surface area (Å²) in [7, 11) is -2.11. The van der Waals surface area contributed by atoms with Gasteiger partial charge in [0.15, 0.2) is 11.0 Å². The molecule has 32 heavy (non-hydrogen) atoms. The van der Waals surface area contributed by atoms with Crippen molar-refractivity contribution in [3.05, 3.63) is 60.8 Å². The van der Waals surface area contributed by atoms with E-state index in [0.29, 0.717) is 29.7 Å². The monoisotopic (exact) mass is 470 g/mol. The van der Waals surface area contributed by atoms with E-state index in [9.17, 15) is 8.42 Å². The second-order valence-electron chi connectivity index (χ2n) is 7.46. The lowest BCUT2D eigenvalue weighted by Gasteiger charge is -2.11. The van der Waals surface area contributed by atoms with Crippen LogP contribution in [0.5, 0.6) is 0 Å². The quantitative estimate of drug-likeness (QED) is 0.331. The van der Waals surface area contributed by atoms with Gasteiger partial charge in [-0.15, -0.1) is 10.2 Å². The van der Waals surface area contributed by atoms with Crippen LogP contribution in [0.15, 0.2) is 70.8 Å². The molecule has 0 saturated heterocycles. The van der Waals surface area contributed by atoms with Gasteiger partial charge in [0.1, 0.15) is 0 Å². The minimum atomic E-state index is -3.77. The summed E-state index contributed by atoms with van der Waals surface area (Å²) in [5.74, 6) is 0.631. The van der Waals surface area contributed by atoms with Gasteiger partial charge in [0, 0.05) is 29.5 Å². The normalized spacial score (nSPS) is 13.0. The third-order valence-corrected chi connectivity index (χ3v) is 8.27. The molecule has 0 bridgehead atoms. The molecular formula is C23H26N4O3S2. The lowest BCUT2D eigenvalue weighted by atomic mass is 10.1. The SMILES string of the molecule is CC[C@H](C)Sc1nnc(-c2cn(S(=O)(=O)c3ccccc3)c3ccccc23)n1CCOC. The van der Waals surface area contributed by atoms with Gasteiger partial charge in [0.2, 0.25) is 0 Å². The van der Waals surface area contributed by atoms with Crippen LogP contribution in [0.4, 0.5) is 0 Å². The molecule has 0 N–H and O–H groups in total. The van der Waals surface area contributed by atoms with Crippen molar-refractivity contribution in [3.63, 3.8) is 0 Å². The number of aromatic nitrogens is 4. The molecule has 0 aliphatic carbocycles. The van der Waals surface area contributed by atoms with E-state index < -0.39 is 10.0 Å². The van der Waals surface area contributed by atoms with Crippen LogP contribution in [0, 0.1) is 0 Å². The predicted octanol–water partition coefficient (Wildman–Crippen LogP) is 4.67. The van der Waals surface area contributed by atoms with Crippen molar-refractivity contribution in [3.8, 4) is 11.4 Å². The number of hydrogen-bond donors (Lipinski definition) is 0. The van der Waals surface area contributed by atoms with Crippen LogP contribution >= 0.6 is 11.8 Å². The molecule has 168 valence electrons. The standard InChI is InChI=1S/C23H26N4O3S2/c1-4-17(2)31-23-25-24-22(26(23)14-15-30-3)20-16-27(21-13-9-8-12-19(20)21)32(28,29)18-10-6-5-7-11-18/h5-13,16-17H,4,14-15H2,1-3H3/t17-/m0/s1. The zero-order chi connectivity index (χ0) is 22.7. The van der Waals surface area contributed by atoms with Gasteiger partial charge in [-0.1, -0.05) is 62.0 Å². The highest BCUT2D eigenvalue weighted by Crippen LogP contribution is 2.34. The number of methoxy groups -OCH3 is 1. The fourth-order valence-corrected chi connectivity index (χ4v) is 5.77. The van der Waals surface area contributed by atoms with Crippen molar-refractivity contribution in [2.75, 3.05) is 13.7 Å². The molecule has 0 aliphatic heterocycles. The summed E-state index contributed by atoms with van der Waals surface area (Å²) in [5, 5.41) is 10.9. The molecule has 9 heteroatoms. The Labute approximate surface area is 192 Å². The summed E-state index contributed by atoms with van der Waals surface area (Å²) < 4.78 is 35.5. The maximum atomic E-state index is 13.4. The van der Waals surface area contributed by atoms with Crippen molar-refractivity contribution >= 4 is 32.7 Å². The molecule has 0 amide bonds. The second kappa shape index (κ2) is 9.48. The number of para-hydroxylation sites is 1. The van der Waals surface area contributed by atoms with Crippen LogP contribution < -0.4 is 0 Å². The first-order valence-electron chi connectivity index (χ1n) is 10.5. The Morgan fingerprint density at radius 3 is 2.50 bits per heavy atom. The predicted molar refractivity (Wildman–Crippen MR) is 127 cm³/mol. The van der Waals surface area contributed by atoms with E-state index in [0.717, 1.165) is 22.5 Å². The van der Waals surface area contributed by atoms with Crippen LogP contribution in [0.25, 0.3) is 22.3 Å². The van der Waals surface area contributed by atoms with Crippen LogP contribution in [-0.2, 0) is 21.3 Å². The van der Waals surface area contributed by atoms with Crippen molar-refractivity contribution in [1.29, 1.82) is 0 Å². The molecule has 2 aromatic carbocycles. The summed E-state index contributed by atoms with van der Waals surface area (Å²) in [6, 6.07) is 15.9. The number of benzene rings is 2. The van der Waals surface area contributed by atoms with Gasteiger partial charge in [-0.3, -0.25) is 4.57 Å². The number of nitrogens with zero attached hydrogens (tertiary/aromatic N) is 4. The number of fused-ring (bicyclic) bond motifs is 1. The zero-order valence-electron chi connectivity index (χ0n) is 18.3. The number of rotatable bonds is 9. The van der Waals surface area contributed by atoms with E-state index in [-0.39, 0.29) is 4.90 Å². The second-order valence-corrected chi connectivity index (χ2v) is 10.7. The first-order chi connectivity index (χ1) is 15.5. The minimum absolute atomic E-state index is 0.237. The first-order valence-corrected chi connectivity index (χ1v) is 12.8. The largest absolute Gasteiger partial charge is 0.383 e. The van der Waals surface area contributed by atoms with E-state index in [1.807, 2.05) is 28.8 Å². The van der Waals surface area contributed by atoms with Crippen molar-refractivity contribution in [2.45, 2.75) is 42.1 Å². The van der Waals surface area contributed by atoms with Crippen molar-refractivity contribution < 1.29 is 13.2 Å². The molecule has 2 aromatic heterocycles. The zero-order valence-corrected chi connectivity index (χ0v) is 19.9. The van der Waals surface area contributed by atoms with Gasteiger partial charge >= 0.3 is 0 Å². The molecule has 1 atom stereocenters. The molecule has 4 aromatic rings. The molecular weight excluding hydrogens is 444 g/mol. The lowest BCUT2D eigenvalue weighted by Crippen LogP contribution is -2.11. The van der Waals surface area contributed by atoms with Gasteiger partial charge in [-0.05, 0) is 24.6 Å². The summed E-state index contributed by atoms with van der Waals surface area (Å²) >= 11 is 1.66. The Bertz CT molecular complexity index is 1310. The van der Waals surface area contributed by atoms with E-state index in [1.54, 1.807) is 55.4 Å². The van der Waals surface area contributed by atoms with Crippen molar-refractivity contribution in [2.24, 2.45) is 0 Å². The fourth-order valence-electron chi connectivity index (χ4n) is 3.46. The maximum Gasteiger partial charge on any atom is 0.268 e. The topological polar surface area (TPSA) is 79.0 Å². The first kappa shape index (κ1) is 22.6. The third-order valence-electron chi connectivity index (χ3n) is 5.34. The molecule has 2 heterocycles. The van der Waals surface area contributed by atoms with Gasteiger partial charge in [0.25, 0.3) is 10.0 Å². The Morgan fingerprint density at radius 2 is 1.78 bits per heavy atom. The molecule has 0 spiro atoms. The van der Waals surface area contributed by atoms with Crippen LogP contribution in [0.1, 0.15) is 20.3 Å². The highest BCUT2D eigenvalue weighted by Gasteiger charge is 2.25. The van der Waals surface area contributed by atoms with E-state index in [4.69, 9.17) is 4.74 Å². The van der Waals surface area contributed by atoms with Crippen LogP contribution in [0.3, 0.4) is 0 Å². The Morgan fingerprint density at radius 1 is 1.06 bits per heavy atom. The fraction of sp³-hybridized carbons (Fsp3) is 0.304. The highest BCUT2D eigenvalue weighted by atomic mass is 32.2. The number of ether oxygens (including phenoxy) is 1. The Balaban J connectivity index is 1.90. The van der Waals surface area contributed by atoms with Crippen LogP contribution in [0.2, 0.25) is 0 Å². The number of hydrogen-bond acceptors (Lipinski definition) is 6. The van der Waals surface area contributed by atoms with Crippen LogP contribution in [-0.4, -0.2) is 46.1 Å². The van der Waals surface area contributed by atoms with Crippen molar-refractivity contribution in [1.82, 2.24) is 18.7 Å². The molecule has 0 unspecified atom stereocenters. The van der Waals surface area contributed by atoms with E-state index in [2.05, 4.69) is 24.0 Å². The summed E-state index contributed by atoms with van der Waals surface area (Å²) in [6.07, 6.45) is 2.66. The molecule has 0 aliphatic rings. The number of thioether (sulfide) groups is 1. The molecule has 4 rings (SSSR count). The molecule has 0 fully saturated rings. The maximum absolute atomic E-state index is 13.4. The highest BCUT2D eigenvalue weighted by molar-refractivity contribution is 7.99. The molecule has 0 saturated carbocycles.